The van der Waals surface area contributed by atoms with Crippen molar-refractivity contribution in [3.8, 4) is 0 Å². The Hall–Kier alpha value is -2.91. The van der Waals surface area contributed by atoms with Gasteiger partial charge < -0.3 is 15.4 Å². The van der Waals surface area contributed by atoms with Crippen molar-refractivity contribution in [2.45, 2.75) is 44.4 Å². The van der Waals surface area contributed by atoms with Crippen LogP contribution in [0.2, 0.25) is 0 Å². The zero-order valence-electron chi connectivity index (χ0n) is 17.9. The second-order valence-electron chi connectivity index (χ2n) is 7.14. The van der Waals surface area contributed by atoms with Gasteiger partial charge in [0.25, 0.3) is 0 Å². The molecule has 2 aromatic rings. The first-order valence-electron chi connectivity index (χ1n) is 10.0. The Morgan fingerprint density at radius 1 is 1.00 bits per heavy atom. The molecule has 3 N–H and O–H groups in total. The summed E-state index contributed by atoms with van der Waals surface area (Å²) in [4.78, 5) is 25.1. The molecule has 0 fully saturated rings. The van der Waals surface area contributed by atoms with Crippen molar-refractivity contribution in [3.63, 3.8) is 0 Å². The molecule has 0 aliphatic heterocycles. The van der Waals surface area contributed by atoms with Gasteiger partial charge in [0, 0.05) is 6.54 Å². The van der Waals surface area contributed by atoms with E-state index in [0.29, 0.717) is 6.42 Å². The van der Waals surface area contributed by atoms with Gasteiger partial charge in [-0.15, -0.1) is 0 Å². The third kappa shape index (κ3) is 7.37. The molecule has 0 saturated carbocycles. The smallest absolute Gasteiger partial charge is 0.408 e. The van der Waals surface area contributed by atoms with Crippen LogP contribution in [0, 0.1) is 5.92 Å². The molecule has 0 aliphatic carbocycles. The SMILES string of the molecule is CC[C@H](C)[C@H](NC(=O)OCc1ccccc1)C(=O)NCc1ccc(S(=O)(=O)NC)cc1. The summed E-state index contributed by atoms with van der Waals surface area (Å²) < 4.78 is 31.1. The molecule has 0 saturated heterocycles. The van der Waals surface area contributed by atoms with E-state index < -0.39 is 22.2 Å². The fourth-order valence-corrected chi connectivity index (χ4v) is 3.53. The van der Waals surface area contributed by atoms with Gasteiger partial charge in [-0.05, 0) is 36.2 Å². The highest BCUT2D eigenvalue weighted by Crippen LogP contribution is 2.12. The zero-order chi connectivity index (χ0) is 22.9. The van der Waals surface area contributed by atoms with E-state index in [9.17, 15) is 18.0 Å². The summed E-state index contributed by atoms with van der Waals surface area (Å²) in [5.41, 5.74) is 1.59. The molecule has 0 spiro atoms. The van der Waals surface area contributed by atoms with Gasteiger partial charge in [0.05, 0.1) is 4.90 Å². The lowest BCUT2D eigenvalue weighted by Crippen LogP contribution is -2.50. The van der Waals surface area contributed by atoms with Crippen LogP contribution in [0.1, 0.15) is 31.4 Å². The first-order chi connectivity index (χ1) is 14.8. The van der Waals surface area contributed by atoms with Crippen LogP contribution >= 0.6 is 0 Å². The molecule has 2 aromatic carbocycles. The number of alkyl carbamates (subject to hydrolysis) is 1. The summed E-state index contributed by atoms with van der Waals surface area (Å²) in [6.07, 6.45) is 0.0269. The van der Waals surface area contributed by atoms with Crippen molar-refractivity contribution >= 4 is 22.0 Å². The molecule has 168 valence electrons. The second-order valence-corrected chi connectivity index (χ2v) is 9.03. The van der Waals surface area contributed by atoms with E-state index in [1.165, 1.54) is 19.2 Å². The Labute approximate surface area is 183 Å². The molecule has 8 nitrogen and oxygen atoms in total. The fraction of sp³-hybridized carbons (Fsp3) is 0.364. The van der Waals surface area contributed by atoms with E-state index in [2.05, 4.69) is 15.4 Å². The Morgan fingerprint density at radius 2 is 1.65 bits per heavy atom. The van der Waals surface area contributed by atoms with Crippen molar-refractivity contribution < 1.29 is 22.7 Å². The van der Waals surface area contributed by atoms with Gasteiger partial charge in [-0.2, -0.15) is 0 Å². The average Bonchev–Trinajstić information content (AvgIpc) is 2.80. The lowest BCUT2D eigenvalue weighted by Gasteiger charge is -2.23. The summed E-state index contributed by atoms with van der Waals surface area (Å²) in [5.74, 6) is -0.439. The molecular weight excluding hydrogens is 418 g/mol. The van der Waals surface area contributed by atoms with Gasteiger partial charge in [0.2, 0.25) is 15.9 Å². The Bertz CT molecular complexity index is 962. The highest BCUT2D eigenvalue weighted by Gasteiger charge is 2.26. The molecule has 0 unspecified atom stereocenters. The Kier molecular flexibility index (Phi) is 9.02. The topological polar surface area (TPSA) is 114 Å². The van der Waals surface area contributed by atoms with Gasteiger partial charge in [-0.25, -0.2) is 17.9 Å². The van der Waals surface area contributed by atoms with Gasteiger partial charge in [0.1, 0.15) is 12.6 Å². The minimum atomic E-state index is -3.51. The first kappa shape index (κ1) is 24.4. The summed E-state index contributed by atoms with van der Waals surface area (Å²) in [7, 11) is -2.17. The number of rotatable bonds is 10. The van der Waals surface area contributed by atoms with Crippen LogP contribution in [0.3, 0.4) is 0 Å². The lowest BCUT2D eigenvalue weighted by molar-refractivity contribution is -0.124. The number of benzene rings is 2. The number of carbonyl (C=O) groups excluding carboxylic acids is 2. The number of nitrogens with one attached hydrogen (secondary N) is 3. The minimum absolute atomic E-state index is 0.104. The van der Waals surface area contributed by atoms with E-state index in [-0.39, 0.29) is 29.9 Å². The molecule has 2 atom stereocenters. The first-order valence-corrected chi connectivity index (χ1v) is 11.5. The third-order valence-corrected chi connectivity index (χ3v) is 6.38. The fourth-order valence-electron chi connectivity index (χ4n) is 2.80. The third-order valence-electron chi connectivity index (χ3n) is 4.95. The molecule has 0 aromatic heterocycles. The van der Waals surface area contributed by atoms with E-state index in [1.807, 2.05) is 44.2 Å². The number of hydrogen-bond acceptors (Lipinski definition) is 5. The minimum Gasteiger partial charge on any atom is -0.445 e. The number of amides is 2. The summed E-state index contributed by atoms with van der Waals surface area (Å²) in [5, 5.41) is 5.44. The average molecular weight is 448 g/mol. The summed E-state index contributed by atoms with van der Waals surface area (Å²) in [6, 6.07) is 14.7. The molecular formula is C22H29N3O5S. The van der Waals surface area contributed by atoms with E-state index in [0.717, 1.165) is 11.1 Å². The van der Waals surface area contributed by atoms with Crippen LogP contribution in [-0.4, -0.2) is 33.5 Å². The molecule has 9 heteroatoms. The van der Waals surface area contributed by atoms with Gasteiger partial charge in [-0.3, -0.25) is 4.79 Å². The van der Waals surface area contributed by atoms with E-state index in [1.54, 1.807) is 12.1 Å². The molecule has 2 rings (SSSR count). The van der Waals surface area contributed by atoms with Crippen LogP contribution in [-0.2, 0) is 32.7 Å². The van der Waals surface area contributed by atoms with Crippen molar-refractivity contribution in [1.29, 1.82) is 0 Å². The molecule has 0 heterocycles. The monoisotopic (exact) mass is 447 g/mol. The number of sulfonamides is 1. The molecule has 0 aliphatic rings. The van der Waals surface area contributed by atoms with Gasteiger partial charge in [0.15, 0.2) is 0 Å². The number of hydrogen-bond donors (Lipinski definition) is 3. The normalized spacial score (nSPS) is 13.1. The van der Waals surface area contributed by atoms with E-state index in [4.69, 9.17) is 4.74 Å². The molecule has 31 heavy (non-hydrogen) atoms. The highest BCUT2D eigenvalue weighted by atomic mass is 32.2. The second kappa shape index (κ2) is 11.5. The summed E-state index contributed by atoms with van der Waals surface area (Å²) >= 11 is 0. The van der Waals surface area contributed by atoms with Crippen LogP contribution in [0.4, 0.5) is 4.79 Å². The molecule has 0 bridgehead atoms. The van der Waals surface area contributed by atoms with Crippen LogP contribution in [0.5, 0.6) is 0 Å². The standard InChI is InChI=1S/C22H29N3O5S/c1-4-16(2)20(25-22(27)30-15-18-8-6-5-7-9-18)21(26)24-14-17-10-12-19(13-11-17)31(28,29)23-3/h5-13,16,20,23H,4,14-15H2,1-3H3,(H,24,26)(H,25,27)/t16-,20-/m0/s1. The van der Waals surface area contributed by atoms with Crippen molar-refractivity contribution in [1.82, 2.24) is 15.4 Å². The molecule has 2 amide bonds. The van der Waals surface area contributed by atoms with Crippen molar-refractivity contribution in [2.24, 2.45) is 5.92 Å². The summed E-state index contributed by atoms with van der Waals surface area (Å²) in [6.45, 7) is 4.12. The maximum Gasteiger partial charge on any atom is 0.408 e. The predicted octanol–water partition coefficient (Wildman–Crippen LogP) is 2.55. The van der Waals surface area contributed by atoms with Crippen LogP contribution < -0.4 is 15.4 Å². The maximum atomic E-state index is 12.7. The predicted molar refractivity (Wildman–Crippen MR) is 118 cm³/mol. The van der Waals surface area contributed by atoms with Crippen LogP contribution in [0.15, 0.2) is 59.5 Å². The van der Waals surface area contributed by atoms with E-state index >= 15 is 0 Å². The number of ether oxygens (including phenoxy) is 1. The lowest BCUT2D eigenvalue weighted by atomic mass is 9.98. The van der Waals surface area contributed by atoms with Gasteiger partial charge in [-0.1, -0.05) is 62.7 Å². The highest BCUT2D eigenvalue weighted by molar-refractivity contribution is 7.89. The molecule has 0 radical (unpaired) electrons. The Balaban J connectivity index is 1.94. The van der Waals surface area contributed by atoms with Crippen molar-refractivity contribution in [2.75, 3.05) is 7.05 Å². The van der Waals surface area contributed by atoms with Crippen molar-refractivity contribution in [3.05, 3.63) is 65.7 Å². The largest absolute Gasteiger partial charge is 0.445 e. The Morgan fingerprint density at radius 3 is 2.23 bits per heavy atom. The van der Waals surface area contributed by atoms with Crippen LogP contribution in [0.25, 0.3) is 0 Å². The quantitative estimate of drug-likeness (QED) is 0.518. The number of carbonyl (C=O) groups is 2. The van der Waals surface area contributed by atoms with Gasteiger partial charge >= 0.3 is 6.09 Å². The maximum absolute atomic E-state index is 12.7. The zero-order valence-corrected chi connectivity index (χ0v) is 18.7.